The van der Waals surface area contributed by atoms with Crippen LogP contribution in [0.4, 0.5) is 0 Å². The van der Waals surface area contributed by atoms with Gasteiger partial charge in [0.1, 0.15) is 6.10 Å². The van der Waals surface area contributed by atoms with Crippen LogP contribution in [-0.2, 0) is 23.1 Å². The number of nitrogens with zero attached hydrogens (tertiary/aromatic N) is 2. The minimum atomic E-state index is -0.165. The van der Waals surface area contributed by atoms with E-state index >= 15 is 0 Å². The van der Waals surface area contributed by atoms with Crippen molar-refractivity contribution in [2.24, 2.45) is 24.8 Å². The molecule has 1 aliphatic rings. The van der Waals surface area contributed by atoms with Crippen LogP contribution in [0.2, 0.25) is 5.02 Å². The number of hydrogen-bond donors (Lipinski definition) is 0. The van der Waals surface area contributed by atoms with Gasteiger partial charge in [0.2, 0.25) is 0 Å². The average molecular weight is 440 g/mol. The lowest BCUT2D eigenvalue weighted by atomic mass is 9.75. The number of halogens is 1. The van der Waals surface area contributed by atoms with E-state index in [0.29, 0.717) is 22.8 Å². The second-order valence-corrected chi connectivity index (χ2v) is 9.76. The van der Waals surface area contributed by atoms with Crippen molar-refractivity contribution in [3.8, 4) is 11.4 Å². The van der Waals surface area contributed by atoms with E-state index in [-0.39, 0.29) is 18.6 Å². The fraction of sp³-hybridized carbons (Fsp3) is 0.462. The average Bonchev–Trinajstić information content (AvgIpc) is 3.00. The first-order chi connectivity index (χ1) is 14.8. The standard InChI is InChI=1S/C26H32ClN2O2/c1-17(2)21-14-9-18(3)15-24(21)31-25(30)16-29-23-8-6-5-7-22(23)28(4)26(29)19-10-12-20(27)13-11-19/h5-8,10-13,17-18,21,24H,9,14-16H2,1-4H3/q+1/t18-,21+,24-/m1/s1. The number of hydrogen-bond acceptors (Lipinski definition) is 2. The Bertz CT molecular complexity index is 1070. The van der Waals surface area contributed by atoms with E-state index in [4.69, 9.17) is 16.3 Å². The summed E-state index contributed by atoms with van der Waals surface area (Å²) < 4.78 is 10.3. The molecule has 31 heavy (non-hydrogen) atoms. The molecule has 0 bridgehead atoms. The van der Waals surface area contributed by atoms with Crippen LogP contribution in [0.25, 0.3) is 22.4 Å². The number of rotatable bonds is 5. The SMILES string of the molecule is CC(C)[C@@H]1CC[C@@H](C)C[C@H]1OC(=O)Cn1c(-c2ccc(Cl)cc2)[n+](C)c2ccccc21. The lowest BCUT2D eigenvalue weighted by molar-refractivity contribution is -0.634. The Morgan fingerprint density at radius 2 is 1.87 bits per heavy atom. The van der Waals surface area contributed by atoms with Crippen LogP contribution in [0.5, 0.6) is 0 Å². The maximum atomic E-state index is 13.2. The number of imidazole rings is 1. The summed E-state index contributed by atoms with van der Waals surface area (Å²) in [5, 5.41) is 0.694. The first kappa shape index (κ1) is 21.9. The van der Waals surface area contributed by atoms with Gasteiger partial charge in [-0.2, -0.15) is 0 Å². The number of esters is 1. The molecule has 1 aromatic heterocycles. The Morgan fingerprint density at radius 1 is 1.16 bits per heavy atom. The van der Waals surface area contributed by atoms with Crippen molar-refractivity contribution in [3.05, 3.63) is 53.6 Å². The molecule has 0 aliphatic heterocycles. The Morgan fingerprint density at radius 3 is 2.58 bits per heavy atom. The molecule has 0 unspecified atom stereocenters. The van der Waals surface area contributed by atoms with Gasteiger partial charge in [0.25, 0.3) is 5.82 Å². The smallest absolute Gasteiger partial charge is 0.348 e. The van der Waals surface area contributed by atoms with Crippen LogP contribution in [0, 0.1) is 17.8 Å². The fourth-order valence-corrected chi connectivity index (χ4v) is 5.21. The van der Waals surface area contributed by atoms with Gasteiger partial charge in [0.15, 0.2) is 17.6 Å². The van der Waals surface area contributed by atoms with Gasteiger partial charge in [-0.25, -0.2) is 13.9 Å². The first-order valence-electron chi connectivity index (χ1n) is 11.3. The van der Waals surface area contributed by atoms with E-state index in [2.05, 4.69) is 42.0 Å². The minimum Gasteiger partial charge on any atom is -0.459 e. The van der Waals surface area contributed by atoms with Gasteiger partial charge >= 0.3 is 5.97 Å². The van der Waals surface area contributed by atoms with E-state index in [9.17, 15) is 4.79 Å². The van der Waals surface area contributed by atoms with Crippen molar-refractivity contribution in [3.63, 3.8) is 0 Å². The number of aromatic nitrogens is 2. The quantitative estimate of drug-likeness (QED) is 0.372. The van der Waals surface area contributed by atoms with E-state index in [1.807, 2.05) is 43.4 Å². The number of para-hydroxylation sites is 2. The third kappa shape index (κ3) is 4.50. The summed E-state index contributed by atoms with van der Waals surface area (Å²) >= 11 is 6.11. The molecule has 0 radical (unpaired) electrons. The number of fused-ring (bicyclic) bond motifs is 1. The maximum absolute atomic E-state index is 13.2. The Kier molecular flexibility index (Phi) is 6.38. The third-order valence-electron chi connectivity index (χ3n) is 6.74. The summed E-state index contributed by atoms with van der Waals surface area (Å²) in [4.78, 5) is 13.2. The molecule has 1 fully saturated rings. The topological polar surface area (TPSA) is 35.1 Å². The normalized spacial score (nSPS) is 21.5. The first-order valence-corrected chi connectivity index (χ1v) is 11.7. The van der Waals surface area contributed by atoms with Crippen molar-refractivity contribution in [1.29, 1.82) is 0 Å². The predicted octanol–water partition coefficient (Wildman–Crippen LogP) is 5.79. The number of aryl methyl sites for hydroxylation is 1. The summed E-state index contributed by atoms with van der Waals surface area (Å²) in [6.07, 6.45) is 3.31. The molecule has 0 spiro atoms. The van der Waals surface area contributed by atoms with E-state index in [0.717, 1.165) is 35.3 Å². The van der Waals surface area contributed by atoms with E-state index < -0.39 is 0 Å². The molecule has 1 heterocycles. The summed E-state index contributed by atoms with van der Waals surface area (Å²) in [5.41, 5.74) is 3.11. The van der Waals surface area contributed by atoms with Gasteiger partial charge in [-0.15, -0.1) is 0 Å². The second-order valence-electron chi connectivity index (χ2n) is 9.32. The third-order valence-corrected chi connectivity index (χ3v) is 6.99. The Labute approximate surface area is 189 Å². The molecular formula is C26H32ClN2O2+. The van der Waals surface area contributed by atoms with Crippen LogP contribution < -0.4 is 4.57 Å². The highest BCUT2D eigenvalue weighted by Crippen LogP contribution is 2.35. The largest absolute Gasteiger partial charge is 0.459 e. The number of carbonyl (C=O) groups is 1. The van der Waals surface area contributed by atoms with Crippen LogP contribution >= 0.6 is 11.6 Å². The maximum Gasteiger partial charge on any atom is 0.348 e. The summed E-state index contributed by atoms with van der Waals surface area (Å²) in [5.74, 6) is 2.35. The molecule has 2 aromatic carbocycles. The predicted molar refractivity (Wildman–Crippen MR) is 125 cm³/mol. The molecule has 1 saturated carbocycles. The Hall–Kier alpha value is -2.33. The van der Waals surface area contributed by atoms with Crippen LogP contribution in [0.3, 0.4) is 0 Å². The van der Waals surface area contributed by atoms with Gasteiger partial charge in [0.05, 0.1) is 12.6 Å². The van der Waals surface area contributed by atoms with Gasteiger partial charge in [0, 0.05) is 5.02 Å². The van der Waals surface area contributed by atoms with Crippen LogP contribution in [0.15, 0.2) is 48.5 Å². The van der Waals surface area contributed by atoms with Crippen molar-refractivity contribution >= 4 is 28.6 Å². The number of ether oxygens (including phenoxy) is 1. The highest BCUT2D eigenvalue weighted by Gasteiger charge is 2.34. The molecule has 0 amide bonds. The van der Waals surface area contributed by atoms with E-state index in [1.165, 1.54) is 6.42 Å². The molecular weight excluding hydrogens is 408 g/mol. The van der Waals surface area contributed by atoms with Crippen molar-refractivity contribution < 1.29 is 14.1 Å². The highest BCUT2D eigenvalue weighted by molar-refractivity contribution is 6.30. The van der Waals surface area contributed by atoms with Crippen molar-refractivity contribution in [1.82, 2.24) is 4.57 Å². The molecule has 164 valence electrons. The second kappa shape index (κ2) is 9.04. The summed E-state index contributed by atoms with van der Waals surface area (Å²) in [6, 6.07) is 15.9. The van der Waals surface area contributed by atoms with Crippen LogP contribution in [0.1, 0.15) is 40.0 Å². The van der Waals surface area contributed by atoms with Crippen LogP contribution in [-0.4, -0.2) is 16.6 Å². The van der Waals surface area contributed by atoms with Gasteiger partial charge < -0.3 is 4.74 Å². The monoisotopic (exact) mass is 439 g/mol. The van der Waals surface area contributed by atoms with Gasteiger partial charge in [-0.05, 0) is 67.0 Å². The van der Waals surface area contributed by atoms with E-state index in [1.54, 1.807) is 0 Å². The summed E-state index contributed by atoms with van der Waals surface area (Å²) in [6.45, 7) is 6.92. The molecule has 5 heteroatoms. The summed E-state index contributed by atoms with van der Waals surface area (Å²) in [7, 11) is 2.03. The molecule has 4 rings (SSSR count). The number of carbonyl (C=O) groups excluding carboxylic acids is 1. The lowest BCUT2D eigenvalue weighted by Crippen LogP contribution is -2.37. The Balaban J connectivity index is 1.67. The molecule has 0 saturated heterocycles. The van der Waals surface area contributed by atoms with Gasteiger partial charge in [-0.1, -0.05) is 50.9 Å². The lowest BCUT2D eigenvalue weighted by Gasteiger charge is -2.36. The molecule has 0 N–H and O–H groups in total. The molecule has 3 atom stereocenters. The molecule has 3 aromatic rings. The zero-order valence-electron chi connectivity index (χ0n) is 18.8. The zero-order valence-corrected chi connectivity index (χ0v) is 19.6. The number of benzene rings is 2. The highest BCUT2D eigenvalue weighted by atomic mass is 35.5. The fourth-order valence-electron chi connectivity index (χ4n) is 5.08. The van der Waals surface area contributed by atoms with Gasteiger partial charge in [-0.3, -0.25) is 0 Å². The molecule has 1 aliphatic carbocycles. The van der Waals surface area contributed by atoms with Crippen molar-refractivity contribution in [2.45, 2.75) is 52.7 Å². The van der Waals surface area contributed by atoms with Crippen molar-refractivity contribution in [2.75, 3.05) is 0 Å². The molecule has 4 nitrogen and oxygen atoms in total. The zero-order chi connectivity index (χ0) is 22.1. The minimum absolute atomic E-state index is 0.00538.